The predicted octanol–water partition coefficient (Wildman–Crippen LogP) is 2.04. The summed E-state index contributed by atoms with van der Waals surface area (Å²) in [6.45, 7) is 1.87. The fraction of sp³-hybridized carbons (Fsp3) is 0.389. The van der Waals surface area contributed by atoms with E-state index in [1.807, 2.05) is 24.3 Å². The Morgan fingerprint density at radius 2 is 2.12 bits per heavy atom. The van der Waals surface area contributed by atoms with Crippen molar-refractivity contribution in [1.29, 1.82) is 0 Å². The summed E-state index contributed by atoms with van der Waals surface area (Å²) < 4.78 is 5.45. The summed E-state index contributed by atoms with van der Waals surface area (Å²) in [7, 11) is 1.71. The van der Waals surface area contributed by atoms with Crippen LogP contribution in [-0.4, -0.2) is 36.3 Å². The normalized spacial score (nSPS) is 17.5. The summed E-state index contributed by atoms with van der Waals surface area (Å²) in [4.78, 5) is 13.3. The number of piperidine rings is 1. The van der Waals surface area contributed by atoms with Crippen molar-refractivity contribution in [3.63, 3.8) is 0 Å². The third-order valence-corrected chi connectivity index (χ3v) is 4.45. The molecule has 0 aliphatic carbocycles. The number of para-hydroxylation sites is 1. The van der Waals surface area contributed by atoms with Crippen LogP contribution in [-0.2, 0) is 6.42 Å². The number of carbonyl (C=O) groups excluding carboxylic acids is 1. The topological polar surface area (TPSA) is 81.3 Å². The number of nitrogens with two attached hydrogens (primary N) is 1. The third-order valence-electron chi connectivity index (χ3n) is 4.45. The fourth-order valence-corrected chi connectivity index (χ4v) is 3.25. The number of rotatable bonds is 5. The number of benzene rings is 1. The third kappa shape index (κ3) is 3.64. The minimum atomic E-state index is -0.554. The fourth-order valence-electron chi connectivity index (χ4n) is 3.25. The van der Waals surface area contributed by atoms with Crippen molar-refractivity contribution in [1.82, 2.24) is 10.2 Å². The van der Waals surface area contributed by atoms with Gasteiger partial charge in [0.1, 0.15) is 5.75 Å². The summed E-state index contributed by atoms with van der Waals surface area (Å²) in [6, 6.07) is 11.6. The van der Waals surface area contributed by atoms with Crippen LogP contribution < -0.4 is 15.4 Å². The molecule has 1 aliphatic rings. The van der Waals surface area contributed by atoms with Crippen LogP contribution >= 0.6 is 0 Å². The zero-order valence-corrected chi connectivity index (χ0v) is 13.8. The van der Waals surface area contributed by atoms with Gasteiger partial charge >= 0.3 is 0 Å². The largest absolute Gasteiger partial charge is 0.496 e. The van der Waals surface area contributed by atoms with Crippen LogP contribution in [0.25, 0.3) is 0 Å². The van der Waals surface area contributed by atoms with Crippen LogP contribution in [0.5, 0.6) is 5.75 Å². The molecule has 3 rings (SSSR count). The molecule has 1 aliphatic heterocycles. The van der Waals surface area contributed by atoms with Crippen LogP contribution in [0.4, 0.5) is 5.82 Å². The number of carbonyl (C=O) groups is 1. The summed E-state index contributed by atoms with van der Waals surface area (Å²) in [5, 5.41) is 8.05. The van der Waals surface area contributed by atoms with Gasteiger partial charge in [0.2, 0.25) is 0 Å². The lowest BCUT2D eigenvalue weighted by atomic mass is 9.91. The van der Waals surface area contributed by atoms with Crippen molar-refractivity contribution < 1.29 is 9.53 Å². The van der Waals surface area contributed by atoms with E-state index < -0.39 is 5.91 Å². The van der Waals surface area contributed by atoms with Crippen molar-refractivity contribution in [3.05, 3.63) is 47.7 Å². The Morgan fingerprint density at radius 3 is 2.83 bits per heavy atom. The van der Waals surface area contributed by atoms with E-state index in [9.17, 15) is 4.79 Å². The molecule has 1 aromatic carbocycles. The Balaban J connectivity index is 1.69. The maximum Gasteiger partial charge on any atom is 0.269 e. The maximum atomic E-state index is 11.1. The Kier molecular flexibility index (Phi) is 4.93. The minimum absolute atomic E-state index is 0.196. The molecule has 2 N–H and O–H groups in total. The number of methoxy groups -OCH3 is 1. The first-order valence-electron chi connectivity index (χ1n) is 8.17. The van der Waals surface area contributed by atoms with Gasteiger partial charge in [0, 0.05) is 13.1 Å². The molecule has 126 valence electrons. The molecule has 6 nitrogen and oxygen atoms in total. The minimum Gasteiger partial charge on any atom is -0.496 e. The van der Waals surface area contributed by atoms with Crippen molar-refractivity contribution in [2.75, 3.05) is 25.1 Å². The van der Waals surface area contributed by atoms with E-state index in [2.05, 4.69) is 21.2 Å². The van der Waals surface area contributed by atoms with Gasteiger partial charge in [-0.3, -0.25) is 4.79 Å². The van der Waals surface area contributed by atoms with Gasteiger partial charge in [0.05, 0.1) is 7.11 Å². The molecule has 6 heteroatoms. The number of primary amides is 1. The molecule has 1 atom stereocenters. The molecule has 0 spiro atoms. The van der Waals surface area contributed by atoms with E-state index in [-0.39, 0.29) is 5.69 Å². The van der Waals surface area contributed by atoms with Gasteiger partial charge in [-0.25, -0.2) is 0 Å². The Hall–Kier alpha value is -2.63. The highest BCUT2D eigenvalue weighted by Crippen LogP contribution is 2.27. The Bertz CT molecular complexity index is 702. The zero-order valence-electron chi connectivity index (χ0n) is 13.8. The number of hydrogen-bond donors (Lipinski definition) is 1. The molecule has 2 heterocycles. The van der Waals surface area contributed by atoms with E-state index in [1.165, 1.54) is 12.0 Å². The summed E-state index contributed by atoms with van der Waals surface area (Å²) in [5.41, 5.74) is 6.64. The summed E-state index contributed by atoms with van der Waals surface area (Å²) in [6.07, 6.45) is 3.27. The Labute approximate surface area is 141 Å². The van der Waals surface area contributed by atoms with Gasteiger partial charge in [-0.2, -0.15) is 0 Å². The van der Waals surface area contributed by atoms with Crippen molar-refractivity contribution in [2.24, 2.45) is 11.7 Å². The van der Waals surface area contributed by atoms with Gasteiger partial charge in [0.25, 0.3) is 5.91 Å². The van der Waals surface area contributed by atoms with Crippen LogP contribution in [0.1, 0.15) is 28.9 Å². The second-order valence-electron chi connectivity index (χ2n) is 6.11. The number of amides is 1. The van der Waals surface area contributed by atoms with Gasteiger partial charge in [-0.1, -0.05) is 18.2 Å². The lowest BCUT2D eigenvalue weighted by molar-refractivity contribution is 0.0994. The molecule has 1 fully saturated rings. The van der Waals surface area contributed by atoms with Crippen molar-refractivity contribution >= 4 is 11.7 Å². The standard InChI is InChI=1S/C18H22N4O2/c1-24-16-7-3-2-6-14(16)11-13-5-4-10-22(12-13)17-9-8-15(18(19)23)20-21-17/h2-3,6-9,13H,4-5,10-12H2,1H3,(H2,19,23). The van der Waals surface area contributed by atoms with E-state index in [4.69, 9.17) is 10.5 Å². The molecule has 1 saturated heterocycles. The highest BCUT2D eigenvalue weighted by atomic mass is 16.5. The average molecular weight is 326 g/mol. The highest BCUT2D eigenvalue weighted by Gasteiger charge is 2.22. The molecular weight excluding hydrogens is 304 g/mol. The van der Waals surface area contributed by atoms with E-state index >= 15 is 0 Å². The smallest absolute Gasteiger partial charge is 0.269 e. The van der Waals surface area contributed by atoms with Crippen LogP contribution in [0.2, 0.25) is 0 Å². The second kappa shape index (κ2) is 7.29. The molecular formula is C18H22N4O2. The molecule has 2 aromatic rings. The van der Waals surface area contributed by atoms with E-state index in [0.29, 0.717) is 5.92 Å². The van der Waals surface area contributed by atoms with Crippen molar-refractivity contribution in [2.45, 2.75) is 19.3 Å². The Morgan fingerprint density at radius 1 is 1.29 bits per heavy atom. The first-order chi connectivity index (χ1) is 11.7. The van der Waals surface area contributed by atoms with Crippen LogP contribution in [0, 0.1) is 5.92 Å². The SMILES string of the molecule is COc1ccccc1CC1CCCN(c2ccc(C(N)=O)nn2)C1. The molecule has 1 amide bonds. The van der Waals surface area contributed by atoms with Gasteiger partial charge in [-0.05, 0) is 48.9 Å². The highest BCUT2D eigenvalue weighted by molar-refractivity contribution is 5.90. The van der Waals surface area contributed by atoms with Gasteiger partial charge in [-0.15, -0.1) is 10.2 Å². The number of ether oxygens (including phenoxy) is 1. The number of hydrogen-bond acceptors (Lipinski definition) is 5. The number of nitrogens with zero attached hydrogens (tertiary/aromatic N) is 3. The zero-order chi connectivity index (χ0) is 16.9. The second-order valence-corrected chi connectivity index (χ2v) is 6.11. The first-order valence-corrected chi connectivity index (χ1v) is 8.17. The number of aromatic nitrogens is 2. The van der Waals surface area contributed by atoms with Crippen molar-refractivity contribution in [3.8, 4) is 5.75 Å². The molecule has 0 saturated carbocycles. The molecule has 1 aromatic heterocycles. The average Bonchev–Trinajstić information content (AvgIpc) is 2.62. The van der Waals surface area contributed by atoms with Crippen LogP contribution in [0.3, 0.4) is 0 Å². The van der Waals surface area contributed by atoms with E-state index in [1.54, 1.807) is 13.2 Å². The lowest BCUT2D eigenvalue weighted by Crippen LogP contribution is -2.37. The summed E-state index contributed by atoms with van der Waals surface area (Å²) >= 11 is 0. The molecule has 0 radical (unpaired) electrons. The quantitative estimate of drug-likeness (QED) is 0.909. The molecule has 1 unspecified atom stereocenters. The molecule has 0 bridgehead atoms. The first kappa shape index (κ1) is 16.2. The van der Waals surface area contributed by atoms with Gasteiger partial charge in [0.15, 0.2) is 11.5 Å². The predicted molar refractivity (Wildman–Crippen MR) is 92.2 cm³/mol. The monoisotopic (exact) mass is 326 g/mol. The number of anilines is 1. The summed E-state index contributed by atoms with van der Waals surface area (Å²) in [5.74, 6) is 1.72. The van der Waals surface area contributed by atoms with Gasteiger partial charge < -0.3 is 15.4 Å². The van der Waals surface area contributed by atoms with E-state index in [0.717, 1.165) is 37.5 Å². The maximum absolute atomic E-state index is 11.1. The van der Waals surface area contributed by atoms with Crippen LogP contribution in [0.15, 0.2) is 36.4 Å². The lowest BCUT2D eigenvalue weighted by Gasteiger charge is -2.33. The molecule has 24 heavy (non-hydrogen) atoms.